The number of hydrogen-bond acceptors (Lipinski definition) is 6. The molecule has 0 N–H and O–H groups in total. The number of ether oxygens (including phenoxy) is 1. The summed E-state index contributed by atoms with van der Waals surface area (Å²) in [7, 11) is 0. The molecule has 0 fully saturated rings. The van der Waals surface area contributed by atoms with Crippen LogP contribution >= 0.6 is 11.8 Å². The smallest absolute Gasteiger partial charge is 0.247 e. The van der Waals surface area contributed by atoms with Crippen molar-refractivity contribution in [3.8, 4) is 17.1 Å². The molecule has 1 aliphatic rings. The molecule has 0 saturated carbocycles. The van der Waals surface area contributed by atoms with Crippen molar-refractivity contribution in [2.24, 2.45) is 0 Å². The van der Waals surface area contributed by atoms with Gasteiger partial charge in [0.1, 0.15) is 11.6 Å². The van der Waals surface area contributed by atoms with Gasteiger partial charge in [-0.1, -0.05) is 37.2 Å². The molecule has 32 heavy (non-hydrogen) atoms. The number of rotatable bonds is 4. The van der Waals surface area contributed by atoms with Gasteiger partial charge in [0.2, 0.25) is 23.2 Å². The lowest BCUT2D eigenvalue weighted by Crippen LogP contribution is -2.38. The van der Waals surface area contributed by atoms with Crippen molar-refractivity contribution in [3.63, 3.8) is 0 Å². The molecule has 2 aromatic carbocycles. The predicted molar refractivity (Wildman–Crippen MR) is 119 cm³/mol. The highest BCUT2D eigenvalue weighted by atomic mass is 32.2. The molecule has 166 valence electrons. The fourth-order valence-electron chi connectivity index (χ4n) is 3.81. The Balaban J connectivity index is 2.05. The molecule has 1 amide bonds. The Morgan fingerprint density at radius 2 is 1.94 bits per heavy atom. The average Bonchev–Trinajstić information content (AvgIpc) is 2.89. The summed E-state index contributed by atoms with van der Waals surface area (Å²) in [6.07, 6.45) is -1.13. The van der Waals surface area contributed by atoms with E-state index in [2.05, 4.69) is 15.2 Å². The number of hydrogen-bond donors (Lipinski definition) is 0. The molecule has 0 radical (unpaired) electrons. The van der Waals surface area contributed by atoms with Crippen LogP contribution in [0.2, 0.25) is 0 Å². The van der Waals surface area contributed by atoms with E-state index in [1.807, 2.05) is 32.9 Å². The second-order valence-electron chi connectivity index (χ2n) is 7.41. The number of benzene rings is 2. The minimum atomic E-state index is -1.27. The van der Waals surface area contributed by atoms with Gasteiger partial charge in [0.05, 0.1) is 11.3 Å². The van der Waals surface area contributed by atoms with Gasteiger partial charge in [-0.25, -0.2) is 8.78 Å². The highest BCUT2D eigenvalue weighted by Gasteiger charge is 2.38. The normalized spacial score (nSPS) is 14.9. The highest BCUT2D eigenvalue weighted by Crippen LogP contribution is 2.46. The Labute approximate surface area is 189 Å². The van der Waals surface area contributed by atoms with Crippen LogP contribution in [0.25, 0.3) is 11.3 Å². The molecule has 1 atom stereocenters. The van der Waals surface area contributed by atoms with E-state index in [0.29, 0.717) is 22.1 Å². The van der Waals surface area contributed by atoms with Crippen LogP contribution in [0.5, 0.6) is 5.88 Å². The van der Waals surface area contributed by atoms with Crippen molar-refractivity contribution in [1.82, 2.24) is 15.2 Å². The fraction of sp³-hybridized carbons (Fsp3) is 0.304. The number of aryl methyl sites for hydroxylation is 2. The molecule has 0 aliphatic carbocycles. The first-order chi connectivity index (χ1) is 15.3. The number of amides is 1. The van der Waals surface area contributed by atoms with E-state index in [0.717, 1.165) is 35.1 Å². The first kappa shape index (κ1) is 22.1. The monoisotopic (exact) mass is 456 g/mol. The van der Waals surface area contributed by atoms with Gasteiger partial charge in [-0.15, -0.1) is 10.2 Å². The van der Waals surface area contributed by atoms with E-state index < -0.39 is 17.9 Å². The summed E-state index contributed by atoms with van der Waals surface area (Å²) in [5, 5.41) is 8.92. The Bertz CT molecular complexity index is 1200. The molecule has 3 aromatic rings. The summed E-state index contributed by atoms with van der Waals surface area (Å²) in [5.41, 5.74) is 3.08. The number of carbonyl (C=O) groups excluding carboxylic acids is 1. The summed E-state index contributed by atoms with van der Waals surface area (Å²) >= 11 is 1.38. The third kappa shape index (κ3) is 3.92. The Hall–Kier alpha value is -3.07. The van der Waals surface area contributed by atoms with Gasteiger partial charge < -0.3 is 4.74 Å². The number of anilines is 1. The Kier molecular flexibility index (Phi) is 6.10. The molecule has 1 aromatic heterocycles. The van der Waals surface area contributed by atoms with Gasteiger partial charge in [-0.05, 0) is 49.4 Å². The van der Waals surface area contributed by atoms with E-state index >= 15 is 0 Å². The third-order valence-corrected chi connectivity index (χ3v) is 5.82. The largest absolute Gasteiger partial charge is 0.447 e. The summed E-state index contributed by atoms with van der Waals surface area (Å²) < 4.78 is 35.2. The van der Waals surface area contributed by atoms with Gasteiger partial charge >= 0.3 is 0 Å². The highest BCUT2D eigenvalue weighted by molar-refractivity contribution is 7.99. The first-order valence-electron chi connectivity index (χ1n) is 10.3. The number of thioether (sulfide) groups is 1. The molecule has 0 unspecified atom stereocenters. The minimum Gasteiger partial charge on any atom is -0.447 e. The third-order valence-electron chi connectivity index (χ3n) is 5.10. The molecule has 1 aliphatic heterocycles. The number of fused-ring (bicyclic) bond motifs is 3. The van der Waals surface area contributed by atoms with E-state index in [-0.39, 0.29) is 23.8 Å². The van der Waals surface area contributed by atoms with Crippen LogP contribution in [0.15, 0.2) is 35.5 Å². The van der Waals surface area contributed by atoms with E-state index in [9.17, 15) is 13.6 Å². The predicted octanol–water partition coefficient (Wildman–Crippen LogP) is 5.38. The maximum absolute atomic E-state index is 14.9. The van der Waals surface area contributed by atoms with Gasteiger partial charge in [0.15, 0.2) is 5.69 Å². The van der Waals surface area contributed by atoms with Crippen molar-refractivity contribution < 1.29 is 18.3 Å². The van der Waals surface area contributed by atoms with Gasteiger partial charge in [0.25, 0.3) is 0 Å². The summed E-state index contributed by atoms with van der Waals surface area (Å²) in [4.78, 5) is 19.0. The quantitative estimate of drug-likeness (QED) is 0.491. The molecule has 2 heterocycles. The summed E-state index contributed by atoms with van der Waals surface area (Å²) in [6.45, 7) is 7.44. The number of halogens is 2. The first-order valence-corrected chi connectivity index (χ1v) is 11.2. The van der Waals surface area contributed by atoms with Crippen molar-refractivity contribution >= 4 is 23.4 Å². The van der Waals surface area contributed by atoms with Crippen LogP contribution in [0, 0.1) is 25.5 Å². The number of aromatic nitrogens is 3. The summed E-state index contributed by atoms with van der Waals surface area (Å²) in [5.74, 6) is -0.803. The number of nitrogens with zero attached hydrogens (tertiary/aromatic N) is 4. The number of carbonyl (C=O) groups is 1. The Morgan fingerprint density at radius 1 is 1.16 bits per heavy atom. The lowest BCUT2D eigenvalue weighted by atomic mass is 9.99. The van der Waals surface area contributed by atoms with Gasteiger partial charge in [-0.3, -0.25) is 9.69 Å². The molecule has 6 nitrogen and oxygen atoms in total. The van der Waals surface area contributed by atoms with Crippen molar-refractivity contribution in [2.45, 2.75) is 45.5 Å². The van der Waals surface area contributed by atoms with E-state index in [4.69, 9.17) is 4.74 Å². The standard InChI is InChI=1S/C23H22F2N4O2S/c1-5-18(30)29-20-13(4)9-12(3)10-16(20)19-21(26-23(28-27-19)32-6-2)31-22(29)15-11-14(24)7-8-17(15)25/h7-11,22H,5-6H2,1-4H3/t22-/m1/s1. The molecular weight excluding hydrogens is 434 g/mol. The van der Waals surface area contributed by atoms with E-state index in [1.54, 1.807) is 6.92 Å². The fourth-order valence-corrected chi connectivity index (χ4v) is 4.31. The second-order valence-corrected chi connectivity index (χ2v) is 8.64. The molecule has 0 spiro atoms. The van der Waals surface area contributed by atoms with Crippen LogP contribution in [0.4, 0.5) is 14.5 Å². The zero-order valence-corrected chi connectivity index (χ0v) is 19.0. The van der Waals surface area contributed by atoms with Crippen molar-refractivity contribution in [3.05, 3.63) is 58.7 Å². The van der Waals surface area contributed by atoms with Gasteiger partial charge in [0, 0.05) is 12.0 Å². The molecule has 4 rings (SSSR count). The van der Waals surface area contributed by atoms with Crippen LogP contribution in [-0.4, -0.2) is 26.8 Å². The van der Waals surface area contributed by atoms with E-state index in [1.165, 1.54) is 16.7 Å². The second kappa shape index (κ2) is 8.82. The molecule has 9 heteroatoms. The Morgan fingerprint density at radius 3 is 2.66 bits per heavy atom. The lowest BCUT2D eigenvalue weighted by Gasteiger charge is -2.32. The minimum absolute atomic E-state index is 0.103. The van der Waals surface area contributed by atoms with Crippen LogP contribution in [-0.2, 0) is 4.79 Å². The van der Waals surface area contributed by atoms with Crippen molar-refractivity contribution in [1.29, 1.82) is 0 Å². The maximum Gasteiger partial charge on any atom is 0.247 e. The van der Waals surface area contributed by atoms with Crippen LogP contribution in [0.3, 0.4) is 0 Å². The van der Waals surface area contributed by atoms with Crippen LogP contribution < -0.4 is 9.64 Å². The molecule has 0 bridgehead atoms. The summed E-state index contributed by atoms with van der Waals surface area (Å²) in [6, 6.07) is 6.88. The molecular formula is C23H22F2N4O2S. The maximum atomic E-state index is 14.9. The average molecular weight is 457 g/mol. The zero-order chi connectivity index (χ0) is 23.0. The lowest BCUT2D eigenvalue weighted by molar-refractivity contribution is -0.120. The topological polar surface area (TPSA) is 68.2 Å². The van der Waals surface area contributed by atoms with Gasteiger partial charge in [-0.2, -0.15) is 4.98 Å². The van der Waals surface area contributed by atoms with Crippen LogP contribution in [0.1, 0.15) is 43.2 Å². The molecule has 0 saturated heterocycles. The SMILES string of the molecule is CCSc1nnc2c(n1)O[C@H](c1cc(F)ccc1F)N(C(=O)CC)c1c(C)cc(C)cc1-2. The zero-order valence-electron chi connectivity index (χ0n) is 18.1. The van der Waals surface area contributed by atoms with Crippen molar-refractivity contribution in [2.75, 3.05) is 10.7 Å².